The normalized spacial score (nSPS) is 22.3. The van der Waals surface area contributed by atoms with Gasteiger partial charge in [0.2, 0.25) is 0 Å². The first-order valence-corrected chi connectivity index (χ1v) is 12.5. The molecule has 3 aromatic rings. The monoisotopic (exact) mass is 485 g/mol. The summed E-state index contributed by atoms with van der Waals surface area (Å²) in [6, 6.07) is 12.6. The average molecular weight is 486 g/mol. The third-order valence-electron chi connectivity index (χ3n) is 7.16. The molecule has 0 aliphatic carbocycles. The predicted molar refractivity (Wildman–Crippen MR) is 127 cm³/mol. The van der Waals surface area contributed by atoms with Crippen LogP contribution in [0.4, 0.5) is 13.2 Å². The van der Waals surface area contributed by atoms with Crippen molar-refractivity contribution in [3.8, 4) is 0 Å². The van der Waals surface area contributed by atoms with Gasteiger partial charge in [0.1, 0.15) is 5.78 Å². The van der Waals surface area contributed by atoms with E-state index in [9.17, 15) is 22.8 Å². The van der Waals surface area contributed by atoms with Gasteiger partial charge >= 0.3 is 6.18 Å². The summed E-state index contributed by atoms with van der Waals surface area (Å²) in [4.78, 5) is 28.7. The number of Topliss-reactive ketones (excluding diaryl/α,β-unsaturated/α-hetero) is 2. The summed E-state index contributed by atoms with van der Waals surface area (Å²) < 4.78 is 39.7. The van der Waals surface area contributed by atoms with E-state index in [2.05, 4.69) is 4.90 Å². The topological polar surface area (TPSA) is 37.4 Å². The minimum atomic E-state index is -4.42. The maximum Gasteiger partial charge on any atom is 0.416 e. The predicted octanol–water partition coefficient (Wildman–Crippen LogP) is 6.19. The van der Waals surface area contributed by atoms with Gasteiger partial charge in [0.25, 0.3) is 0 Å². The van der Waals surface area contributed by atoms with Gasteiger partial charge in [0.05, 0.1) is 10.4 Å². The molecule has 0 spiro atoms. The maximum absolute atomic E-state index is 13.0. The summed E-state index contributed by atoms with van der Waals surface area (Å²) in [6.07, 6.45) is -1.34. The van der Waals surface area contributed by atoms with Crippen LogP contribution in [0.2, 0.25) is 0 Å². The van der Waals surface area contributed by atoms with Crippen molar-refractivity contribution in [3.63, 3.8) is 0 Å². The number of ketones is 2. The molecular weight excluding hydrogens is 459 g/mol. The summed E-state index contributed by atoms with van der Waals surface area (Å²) in [6.45, 7) is 3.35. The highest BCUT2D eigenvalue weighted by molar-refractivity contribution is 7.20. The van der Waals surface area contributed by atoms with E-state index in [0.29, 0.717) is 23.8 Å². The summed E-state index contributed by atoms with van der Waals surface area (Å²) in [5.41, 5.74) is 0.425. The number of fused-ring (bicyclic) bond motifs is 4. The molecule has 2 bridgehead atoms. The fourth-order valence-electron chi connectivity index (χ4n) is 5.36. The molecule has 0 amide bonds. The molecule has 7 heteroatoms. The van der Waals surface area contributed by atoms with E-state index < -0.39 is 11.7 Å². The van der Waals surface area contributed by atoms with Gasteiger partial charge in [-0.15, -0.1) is 11.3 Å². The first-order valence-electron chi connectivity index (χ1n) is 11.7. The molecule has 3 aliphatic heterocycles. The third kappa shape index (κ3) is 5.10. The Morgan fingerprint density at radius 1 is 0.971 bits per heavy atom. The van der Waals surface area contributed by atoms with Crippen molar-refractivity contribution in [1.82, 2.24) is 4.90 Å². The lowest BCUT2D eigenvalue weighted by Gasteiger charge is -2.44. The zero-order valence-corrected chi connectivity index (χ0v) is 19.6. The molecule has 3 nitrogen and oxygen atoms in total. The number of alkyl halides is 3. The molecule has 2 aromatic carbocycles. The molecule has 0 N–H and O–H groups in total. The molecule has 1 atom stereocenters. The number of thiophene rings is 1. The molecule has 3 fully saturated rings. The van der Waals surface area contributed by atoms with Gasteiger partial charge in [-0.3, -0.25) is 9.59 Å². The van der Waals surface area contributed by atoms with Crippen LogP contribution in [0.3, 0.4) is 0 Å². The Hall–Kier alpha value is -2.51. The Morgan fingerprint density at radius 3 is 2.38 bits per heavy atom. The van der Waals surface area contributed by atoms with E-state index in [-0.39, 0.29) is 24.4 Å². The molecule has 178 valence electrons. The van der Waals surface area contributed by atoms with Crippen LogP contribution in [0, 0.1) is 11.8 Å². The number of piperidine rings is 3. The van der Waals surface area contributed by atoms with E-state index in [4.69, 9.17) is 0 Å². The van der Waals surface area contributed by atoms with Gasteiger partial charge in [-0.05, 0) is 72.5 Å². The van der Waals surface area contributed by atoms with Gasteiger partial charge < -0.3 is 4.90 Å². The Morgan fingerprint density at radius 2 is 1.71 bits per heavy atom. The molecule has 4 heterocycles. The molecule has 0 saturated carbocycles. The number of rotatable bonds is 7. The SMILES string of the molecule is O=C(Cc1cccc(C(F)(F)F)c1)Cc1ccc2cc(C(=O)C[C@H]3CN4CCC3CC4)sc2c1. The lowest BCUT2D eigenvalue weighted by molar-refractivity contribution is -0.137. The van der Waals surface area contributed by atoms with Crippen molar-refractivity contribution in [1.29, 1.82) is 0 Å². The number of halogens is 3. The fourth-order valence-corrected chi connectivity index (χ4v) is 6.43. The van der Waals surface area contributed by atoms with Gasteiger partial charge in [-0.1, -0.05) is 30.3 Å². The highest BCUT2D eigenvalue weighted by Crippen LogP contribution is 2.36. The second-order valence-corrected chi connectivity index (χ2v) is 10.7. The van der Waals surface area contributed by atoms with Gasteiger partial charge in [0, 0.05) is 30.5 Å². The van der Waals surface area contributed by atoms with Crippen LogP contribution in [0.1, 0.15) is 45.6 Å². The van der Waals surface area contributed by atoms with Crippen LogP contribution < -0.4 is 0 Å². The molecule has 0 unspecified atom stereocenters. The van der Waals surface area contributed by atoms with Crippen LogP contribution in [0.5, 0.6) is 0 Å². The molecule has 3 aliphatic rings. The maximum atomic E-state index is 13.0. The van der Waals surface area contributed by atoms with Gasteiger partial charge in [-0.2, -0.15) is 13.2 Å². The van der Waals surface area contributed by atoms with Crippen LogP contribution >= 0.6 is 11.3 Å². The molecular formula is C27H26F3NO2S. The third-order valence-corrected chi connectivity index (χ3v) is 8.29. The summed E-state index contributed by atoms with van der Waals surface area (Å²) in [5.74, 6) is 1.16. The van der Waals surface area contributed by atoms with Crippen LogP contribution in [0.25, 0.3) is 10.1 Å². The van der Waals surface area contributed by atoms with Crippen LogP contribution in [-0.2, 0) is 23.8 Å². The van der Waals surface area contributed by atoms with Crippen molar-refractivity contribution in [2.24, 2.45) is 11.8 Å². The quantitative estimate of drug-likeness (QED) is 0.375. The Kier molecular flexibility index (Phi) is 6.34. The Balaban J connectivity index is 1.24. The zero-order valence-electron chi connectivity index (χ0n) is 18.7. The Bertz CT molecular complexity index is 1220. The highest BCUT2D eigenvalue weighted by Gasteiger charge is 2.35. The molecule has 34 heavy (non-hydrogen) atoms. The molecule has 1 aromatic heterocycles. The van der Waals surface area contributed by atoms with E-state index >= 15 is 0 Å². The number of nitrogens with zero attached hydrogens (tertiary/aromatic N) is 1. The summed E-state index contributed by atoms with van der Waals surface area (Å²) >= 11 is 1.46. The lowest BCUT2D eigenvalue weighted by atomic mass is 9.76. The number of carbonyl (C=O) groups excluding carboxylic acids is 2. The second-order valence-electron chi connectivity index (χ2n) is 9.60. The number of carbonyl (C=O) groups is 2. The van der Waals surface area contributed by atoms with Gasteiger partial charge in [-0.25, -0.2) is 0 Å². The highest BCUT2D eigenvalue weighted by atomic mass is 32.1. The minimum absolute atomic E-state index is 0.0459. The lowest BCUT2D eigenvalue weighted by Crippen LogP contribution is -2.47. The first-order chi connectivity index (χ1) is 16.2. The van der Waals surface area contributed by atoms with Gasteiger partial charge in [0.15, 0.2) is 5.78 Å². The second kappa shape index (κ2) is 9.27. The van der Waals surface area contributed by atoms with E-state index in [1.807, 2.05) is 24.3 Å². The molecule has 3 saturated heterocycles. The van der Waals surface area contributed by atoms with Crippen molar-refractivity contribution in [2.45, 2.75) is 38.3 Å². The smallest absolute Gasteiger partial charge is 0.303 e. The average Bonchev–Trinajstić information content (AvgIpc) is 3.23. The summed E-state index contributed by atoms with van der Waals surface area (Å²) in [7, 11) is 0. The van der Waals surface area contributed by atoms with Crippen molar-refractivity contribution in [3.05, 3.63) is 70.1 Å². The number of hydrogen-bond donors (Lipinski definition) is 0. The van der Waals surface area contributed by atoms with Crippen LogP contribution in [0.15, 0.2) is 48.5 Å². The van der Waals surface area contributed by atoms with Crippen molar-refractivity contribution < 1.29 is 22.8 Å². The largest absolute Gasteiger partial charge is 0.416 e. The minimum Gasteiger partial charge on any atom is -0.303 e. The summed E-state index contributed by atoms with van der Waals surface area (Å²) in [5, 5.41) is 0.983. The molecule has 0 radical (unpaired) electrons. The zero-order chi connectivity index (χ0) is 23.9. The molecule has 6 rings (SSSR count). The number of benzene rings is 2. The van der Waals surface area contributed by atoms with Crippen molar-refractivity contribution >= 4 is 33.0 Å². The van der Waals surface area contributed by atoms with E-state index in [0.717, 1.165) is 52.3 Å². The van der Waals surface area contributed by atoms with E-state index in [1.165, 1.54) is 30.2 Å². The van der Waals surface area contributed by atoms with Crippen LogP contribution in [-0.4, -0.2) is 36.1 Å². The Labute approximate surface area is 200 Å². The van der Waals surface area contributed by atoms with E-state index in [1.54, 1.807) is 6.07 Å². The standard InChI is InChI=1S/C27H26F3NO2S/c28-27(29,30)22-3-1-2-17(10-22)11-23(32)12-18-4-5-20-15-26(34-25(20)13-18)24(33)14-21-16-31-8-6-19(21)7-9-31/h1-5,10,13,15,19,21H,6-9,11-12,14,16H2/t21-/m0/s1. The fraction of sp³-hybridized carbons (Fsp3) is 0.407. The van der Waals surface area contributed by atoms with Crippen molar-refractivity contribution in [2.75, 3.05) is 19.6 Å². The first kappa shape index (κ1) is 23.2. The number of hydrogen-bond acceptors (Lipinski definition) is 4.